The number of carbonyl (C=O) groups is 1. The Bertz CT molecular complexity index is 553. The Labute approximate surface area is 116 Å². The van der Waals surface area contributed by atoms with E-state index in [0.717, 1.165) is 5.56 Å². The van der Waals surface area contributed by atoms with Gasteiger partial charge in [-0.05, 0) is 32.9 Å². The minimum atomic E-state index is -0.605. The van der Waals surface area contributed by atoms with Gasteiger partial charge in [-0.15, -0.1) is 10.2 Å². The van der Waals surface area contributed by atoms with Gasteiger partial charge in [-0.2, -0.15) is 5.21 Å². The summed E-state index contributed by atoms with van der Waals surface area (Å²) in [4.78, 5) is 12.0. The van der Waals surface area contributed by atoms with Crippen molar-refractivity contribution in [1.82, 2.24) is 25.9 Å². The smallest absolute Gasteiger partial charge is 0.261 e. The Kier molecular flexibility index (Phi) is 4.29. The number of nitrogens with zero attached hydrogens (tertiary/aromatic N) is 3. The second-order valence-electron chi connectivity index (χ2n) is 4.57. The second kappa shape index (κ2) is 6.14. The summed E-state index contributed by atoms with van der Waals surface area (Å²) in [5.41, 5.74) is 1.14. The first-order chi connectivity index (χ1) is 9.56. The summed E-state index contributed by atoms with van der Waals surface area (Å²) in [5.74, 6) is 0.856. The first-order valence-electron chi connectivity index (χ1n) is 6.33. The number of carbonyl (C=O) groups excluding carboxylic acids is 1. The van der Waals surface area contributed by atoms with Crippen LogP contribution in [0.3, 0.4) is 0 Å². The molecule has 20 heavy (non-hydrogen) atoms. The monoisotopic (exact) mass is 275 g/mol. The van der Waals surface area contributed by atoms with Crippen molar-refractivity contribution in [2.45, 2.75) is 32.9 Å². The average molecular weight is 275 g/mol. The zero-order valence-corrected chi connectivity index (χ0v) is 11.6. The molecule has 0 saturated heterocycles. The highest BCUT2D eigenvalue weighted by molar-refractivity contribution is 5.81. The molecule has 1 amide bonds. The van der Waals surface area contributed by atoms with E-state index in [2.05, 4.69) is 25.9 Å². The van der Waals surface area contributed by atoms with Crippen LogP contribution in [0.25, 0.3) is 0 Å². The van der Waals surface area contributed by atoms with Gasteiger partial charge in [0.05, 0.1) is 6.04 Å². The molecule has 2 N–H and O–H groups in total. The predicted octanol–water partition coefficient (Wildman–Crippen LogP) is 1.15. The lowest BCUT2D eigenvalue weighted by atomic mass is 10.2. The molecule has 0 bridgehead atoms. The Morgan fingerprint density at radius 1 is 1.30 bits per heavy atom. The van der Waals surface area contributed by atoms with Crippen LogP contribution in [0.15, 0.2) is 24.3 Å². The summed E-state index contributed by atoms with van der Waals surface area (Å²) in [5, 5.41) is 16.2. The van der Waals surface area contributed by atoms with Crippen LogP contribution in [0.1, 0.15) is 31.3 Å². The van der Waals surface area contributed by atoms with E-state index in [-0.39, 0.29) is 11.9 Å². The van der Waals surface area contributed by atoms with Gasteiger partial charge in [-0.3, -0.25) is 4.79 Å². The first-order valence-corrected chi connectivity index (χ1v) is 6.33. The van der Waals surface area contributed by atoms with E-state index < -0.39 is 6.10 Å². The van der Waals surface area contributed by atoms with Gasteiger partial charge in [-0.1, -0.05) is 22.9 Å². The summed E-state index contributed by atoms with van der Waals surface area (Å²) >= 11 is 0. The highest BCUT2D eigenvalue weighted by Crippen LogP contribution is 2.14. The standard InChI is InChI=1S/C13H17N5O2/c1-8-4-6-11(7-5-8)20-10(3)13(19)14-9(2)12-15-17-18-16-12/h4-7,9-10H,1-3H3,(H,14,19)(H,15,16,17,18). The fraction of sp³-hybridized carbons (Fsp3) is 0.385. The lowest BCUT2D eigenvalue weighted by Crippen LogP contribution is -2.38. The number of aryl methyl sites for hydroxylation is 1. The molecule has 0 aliphatic rings. The lowest BCUT2D eigenvalue weighted by molar-refractivity contribution is -0.128. The number of nitrogens with one attached hydrogen (secondary N) is 2. The average Bonchev–Trinajstić information content (AvgIpc) is 2.95. The van der Waals surface area contributed by atoms with Crippen LogP contribution < -0.4 is 10.1 Å². The maximum Gasteiger partial charge on any atom is 0.261 e. The number of aromatic nitrogens is 4. The van der Waals surface area contributed by atoms with Crippen LogP contribution in [-0.4, -0.2) is 32.6 Å². The molecule has 0 saturated carbocycles. The van der Waals surface area contributed by atoms with E-state index in [4.69, 9.17) is 4.74 Å². The molecule has 2 rings (SSSR count). The molecular weight excluding hydrogens is 258 g/mol. The molecule has 0 aliphatic carbocycles. The van der Waals surface area contributed by atoms with Gasteiger partial charge in [0.1, 0.15) is 5.75 Å². The van der Waals surface area contributed by atoms with Crippen molar-refractivity contribution >= 4 is 5.91 Å². The molecule has 2 aromatic rings. The van der Waals surface area contributed by atoms with Crippen molar-refractivity contribution in [1.29, 1.82) is 0 Å². The maximum atomic E-state index is 12.0. The fourth-order valence-corrected chi connectivity index (χ4v) is 1.62. The molecule has 2 unspecified atom stereocenters. The van der Waals surface area contributed by atoms with E-state index in [0.29, 0.717) is 11.6 Å². The Morgan fingerprint density at radius 2 is 2.00 bits per heavy atom. The number of benzene rings is 1. The molecule has 106 valence electrons. The van der Waals surface area contributed by atoms with Crippen LogP contribution in [0.5, 0.6) is 5.75 Å². The van der Waals surface area contributed by atoms with Crippen molar-refractivity contribution in [2.24, 2.45) is 0 Å². The van der Waals surface area contributed by atoms with E-state index in [9.17, 15) is 4.79 Å². The van der Waals surface area contributed by atoms with Gasteiger partial charge < -0.3 is 10.1 Å². The first kappa shape index (κ1) is 14.0. The zero-order valence-electron chi connectivity index (χ0n) is 11.6. The summed E-state index contributed by atoms with van der Waals surface area (Å²) in [6.07, 6.45) is -0.605. The summed E-state index contributed by atoms with van der Waals surface area (Å²) in [7, 11) is 0. The third-order valence-electron chi connectivity index (χ3n) is 2.81. The highest BCUT2D eigenvalue weighted by atomic mass is 16.5. The van der Waals surface area contributed by atoms with Crippen LogP contribution in [-0.2, 0) is 4.79 Å². The van der Waals surface area contributed by atoms with E-state index in [1.807, 2.05) is 31.2 Å². The SMILES string of the molecule is Cc1ccc(OC(C)C(=O)NC(C)c2nn[nH]n2)cc1. The van der Waals surface area contributed by atoms with Gasteiger partial charge in [0.2, 0.25) is 0 Å². The maximum absolute atomic E-state index is 12.0. The Hall–Kier alpha value is -2.44. The molecule has 0 spiro atoms. The van der Waals surface area contributed by atoms with Crippen molar-refractivity contribution in [3.63, 3.8) is 0 Å². The molecule has 0 aliphatic heterocycles. The molecular formula is C13H17N5O2. The van der Waals surface area contributed by atoms with Gasteiger partial charge in [-0.25, -0.2) is 0 Å². The van der Waals surface area contributed by atoms with Crippen molar-refractivity contribution in [3.05, 3.63) is 35.7 Å². The summed E-state index contributed by atoms with van der Waals surface area (Å²) in [6.45, 7) is 5.46. The van der Waals surface area contributed by atoms with Gasteiger partial charge >= 0.3 is 0 Å². The summed E-state index contributed by atoms with van der Waals surface area (Å²) in [6, 6.07) is 7.21. The number of hydrogen-bond acceptors (Lipinski definition) is 5. The van der Waals surface area contributed by atoms with Crippen molar-refractivity contribution in [2.75, 3.05) is 0 Å². The minimum absolute atomic E-state index is 0.233. The number of rotatable bonds is 5. The molecule has 7 nitrogen and oxygen atoms in total. The third kappa shape index (κ3) is 3.53. The zero-order chi connectivity index (χ0) is 14.5. The molecule has 1 aromatic carbocycles. The number of H-pyrrole nitrogens is 1. The van der Waals surface area contributed by atoms with Crippen LogP contribution in [0.4, 0.5) is 0 Å². The Morgan fingerprint density at radius 3 is 2.60 bits per heavy atom. The van der Waals surface area contributed by atoms with Crippen LogP contribution >= 0.6 is 0 Å². The normalized spacial score (nSPS) is 13.6. The molecule has 1 aromatic heterocycles. The lowest BCUT2D eigenvalue weighted by Gasteiger charge is -2.17. The molecule has 2 atom stereocenters. The number of aromatic amines is 1. The Balaban J connectivity index is 1.90. The number of tetrazole rings is 1. The number of ether oxygens (including phenoxy) is 1. The molecule has 1 heterocycles. The largest absolute Gasteiger partial charge is 0.481 e. The van der Waals surface area contributed by atoms with Crippen LogP contribution in [0, 0.1) is 6.92 Å². The third-order valence-corrected chi connectivity index (χ3v) is 2.81. The molecule has 7 heteroatoms. The van der Waals surface area contributed by atoms with Gasteiger partial charge in [0.25, 0.3) is 5.91 Å². The topological polar surface area (TPSA) is 92.8 Å². The van der Waals surface area contributed by atoms with Crippen LogP contribution in [0.2, 0.25) is 0 Å². The number of amides is 1. The summed E-state index contributed by atoms with van der Waals surface area (Å²) < 4.78 is 5.57. The number of hydrogen-bond donors (Lipinski definition) is 2. The van der Waals surface area contributed by atoms with Crippen molar-refractivity contribution < 1.29 is 9.53 Å². The molecule has 0 radical (unpaired) electrons. The predicted molar refractivity (Wildman–Crippen MR) is 72.0 cm³/mol. The van der Waals surface area contributed by atoms with Gasteiger partial charge in [0.15, 0.2) is 11.9 Å². The fourth-order valence-electron chi connectivity index (χ4n) is 1.62. The second-order valence-corrected chi connectivity index (χ2v) is 4.57. The van der Waals surface area contributed by atoms with E-state index >= 15 is 0 Å². The van der Waals surface area contributed by atoms with Gasteiger partial charge in [0, 0.05) is 0 Å². The minimum Gasteiger partial charge on any atom is -0.481 e. The van der Waals surface area contributed by atoms with Crippen molar-refractivity contribution in [3.8, 4) is 5.75 Å². The van der Waals surface area contributed by atoms with E-state index in [1.165, 1.54) is 0 Å². The highest BCUT2D eigenvalue weighted by Gasteiger charge is 2.19. The quantitative estimate of drug-likeness (QED) is 0.854. The molecule has 0 fully saturated rings. The van der Waals surface area contributed by atoms with E-state index in [1.54, 1.807) is 13.8 Å².